The van der Waals surface area contributed by atoms with Gasteiger partial charge in [0.15, 0.2) is 11.5 Å². The van der Waals surface area contributed by atoms with E-state index in [2.05, 4.69) is 15.9 Å². The molecule has 0 fully saturated rings. The Morgan fingerprint density at radius 2 is 2.21 bits per heavy atom. The highest BCUT2D eigenvalue weighted by Crippen LogP contribution is 2.28. The predicted octanol–water partition coefficient (Wildman–Crippen LogP) is 2.71. The lowest BCUT2D eigenvalue weighted by Gasteiger charge is -2.10. The summed E-state index contributed by atoms with van der Waals surface area (Å²) >= 11 is 3.26. The SMILES string of the molecule is COc1cc(CC=C=O)ccc1OC(=O)CCCBr. The van der Waals surface area contributed by atoms with E-state index in [9.17, 15) is 9.59 Å². The molecule has 0 atom stereocenters. The summed E-state index contributed by atoms with van der Waals surface area (Å²) in [5.41, 5.74) is 0.889. The Balaban J connectivity index is 2.77. The quantitative estimate of drug-likeness (QED) is 0.334. The molecule has 0 heterocycles. The van der Waals surface area contributed by atoms with Gasteiger partial charge in [-0.05, 0) is 24.1 Å². The van der Waals surface area contributed by atoms with E-state index in [1.807, 2.05) is 0 Å². The molecule has 4 nitrogen and oxygen atoms in total. The van der Waals surface area contributed by atoms with Crippen LogP contribution in [0.5, 0.6) is 11.5 Å². The Hall–Kier alpha value is -1.58. The van der Waals surface area contributed by atoms with Crippen molar-refractivity contribution >= 4 is 27.8 Å². The van der Waals surface area contributed by atoms with Crippen LogP contribution in [0, 0.1) is 0 Å². The molecule has 1 rings (SSSR count). The zero-order valence-corrected chi connectivity index (χ0v) is 12.2. The molecule has 0 saturated heterocycles. The highest BCUT2D eigenvalue weighted by Gasteiger charge is 2.10. The van der Waals surface area contributed by atoms with E-state index >= 15 is 0 Å². The molecule has 0 spiro atoms. The van der Waals surface area contributed by atoms with E-state index in [4.69, 9.17) is 9.47 Å². The number of alkyl halides is 1. The number of allylic oxidation sites excluding steroid dienone is 1. The van der Waals surface area contributed by atoms with Crippen molar-refractivity contribution < 1.29 is 19.1 Å². The molecule has 0 N–H and O–H groups in total. The lowest BCUT2D eigenvalue weighted by atomic mass is 10.1. The van der Waals surface area contributed by atoms with Crippen LogP contribution in [0.2, 0.25) is 0 Å². The molecule has 0 aliphatic carbocycles. The highest BCUT2D eigenvalue weighted by atomic mass is 79.9. The second-order valence-corrected chi connectivity index (χ2v) is 4.57. The molecule has 0 aliphatic heterocycles. The number of rotatable bonds is 7. The average Bonchev–Trinajstić information content (AvgIpc) is 2.43. The van der Waals surface area contributed by atoms with Gasteiger partial charge in [0.1, 0.15) is 5.94 Å². The minimum Gasteiger partial charge on any atom is -0.493 e. The number of halogens is 1. The second kappa shape index (κ2) is 8.51. The van der Waals surface area contributed by atoms with Gasteiger partial charge in [-0.2, -0.15) is 0 Å². The van der Waals surface area contributed by atoms with Crippen LogP contribution in [0.15, 0.2) is 24.3 Å². The summed E-state index contributed by atoms with van der Waals surface area (Å²) in [6.07, 6.45) is 2.93. The molecule has 0 amide bonds. The van der Waals surface area contributed by atoms with Crippen LogP contribution in [0.3, 0.4) is 0 Å². The molecule has 19 heavy (non-hydrogen) atoms. The van der Waals surface area contributed by atoms with Crippen LogP contribution in [0.25, 0.3) is 0 Å². The summed E-state index contributed by atoms with van der Waals surface area (Å²) in [5, 5.41) is 0.760. The first-order valence-electron chi connectivity index (χ1n) is 5.84. The van der Waals surface area contributed by atoms with E-state index in [1.165, 1.54) is 13.2 Å². The number of esters is 1. The maximum absolute atomic E-state index is 11.5. The summed E-state index contributed by atoms with van der Waals surface area (Å²) in [5.74, 6) is 2.29. The molecule has 1 aromatic rings. The maximum atomic E-state index is 11.5. The number of hydrogen-bond donors (Lipinski definition) is 0. The molecule has 0 unspecified atom stereocenters. The molecular formula is C14H15BrO4. The molecule has 102 valence electrons. The second-order valence-electron chi connectivity index (χ2n) is 3.78. The Kier molecular flexibility index (Phi) is 6.93. The summed E-state index contributed by atoms with van der Waals surface area (Å²) in [4.78, 5) is 21.7. The van der Waals surface area contributed by atoms with Gasteiger partial charge in [0.05, 0.1) is 7.11 Å². The zero-order valence-electron chi connectivity index (χ0n) is 10.6. The van der Waals surface area contributed by atoms with Crippen molar-refractivity contribution in [3.05, 3.63) is 29.8 Å². The Labute approximate surface area is 120 Å². The predicted molar refractivity (Wildman–Crippen MR) is 75.6 cm³/mol. The van der Waals surface area contributed by atoms with Crippen molar-refractivity contribution in [3.63, 3.8) is 0 Å². The van der Waals surface area contributed by atoms with Crippen LogP contribution in [0.1, 0.15) is 18.4 Å². The summed E-state index contributed by atoms with van der Waals surface area (Å²) in [7, 11) is 1.50. The van der Waals surface area contributed by atoms with Crippen molar-refractivity contribution in [2.24, 2.45) is 0 Å². The molecule has 0 bridgehead atoms. The Morgan fingerprint density at radius 3 is 2.84 bits per heavy atom. The fraction of sp³-hybridized carbons (Fsp3) is 0.357. The average molecular weight is 327 g/mol. The van der Waals surface area contributed by atoms with Gasteiger partial charge in [-0.15, -0.1) is 0 Å². The summed E-state index contributed by atoms with van der Waals surface area (Å²) in [6.45, 7) is 0. The van der Waals surface area contributed by atoms with Crippen molar-refractivity contribution in [1.82, 2.24) is 0 Å². The normalized spacial score (nSPS) is 9.58. The van der Waals surface area contributed by atoms with Crippen LogP contribution in [-0.4, -0.2) is 24.4 Å². The van der Waals surface area contributed by atoms with Gasteiger partial charge in [0.25, 0.3) is 0 Å². The lowest BCUT2D eigenvalue weighted by molar-refractivity contribution is -0.134. The fourth-order valence-corrected chi connectivity index (χ4v) is 1.75. The molecule has 0 aliphatic rings. The molecule has 0 radical (unpaired) electrons. The molecule has 0 saturated carbocycles. The van der Waals surface area contributed by atoms with Gasteiger partial charge < -0.3 is 9.47 Å². The standard InChI is InChI=1S/C14H15BrO4/c1-18-13-10-11(4-3-9-16)6-7-12(13)19-14(17)5-2-8-15/h3,6-7,10H,2,4-5,8H2,1H3. The van der Waals surface area contributed by atoms with E-state index in [0.717, 1.165) is 17.3 Å². The largest absolute Gasteiger partial charge is 0.493 e. The highest BCUT2D eigenvalue weighted by molar-refractivity contribution is 9.09. The molecule has 5 heteroatoms. The van der Waals surface area contributed by atoms with Crippen molar-refractivity contribution in [2.45, 2.75) is 19.3 Å². The van der Waals surface area contributed by atoms with Gasteiger partial charge in [-0.1, -0.05) is 22.0 Å². The van der Waals surface area contributed by atoms with Crippen molar-refractivity contribution in [3.8, 4) is 11.5 Å². The monoisotopic (exact) mass is 326 g/mol. The van der Waals surface area contributed by atoms with Crippen LogP contribution in [0.4, 0.5) is 0 Å². The smallest absolute Gasteiger partial charge is 0.311 e. The topological polar surface area (TPSA) is 52.6 Å². The first-order chi connectivity index (χ1) is 9.21. The lowest BCUT2D eigenvalue weighted by Crippen LogP contribution is -2.08. The van der Waals surface area contributed by atoms with Crippen LogP contribution < -0.4 is 9.47 Å². The van der Waals surface area contributed by atoms with Gasteiger partial charge in [-0.25, -0.2) is 4.79 Å². The fourth-order valence-electron chi connectivity index (χ4n) is 1.47. The molecular weight excluding hydrogens is 312 g/mol. The van der Waals surface area contributed by atoms with Gasteiger partial charge in [0, 0.05) is 24.2 Å². The Bertz CT molecular complexity index is 478. The van der Waals surface area contributed by atoms with E-state index < -0.39 is 0 Å². The van der Waals surface area contributed by atoms with Gasteiger partial charge in [0.2, 0.25) is 0 Å². The maximum Gasteiger partial charge on any atom is 0.311 e. The molecule has 1 aromatic carbocycles. The molecule has 0 aromatic heterocycles. The number of carbonyl (C=O) groups excluding carboxylic acids is 2. The Morgan fingerprint density at radius 1 is 1.42 bits per heavy atom. The number of carbonyl (C=O) groups is 1. The number of hydrogen-bond acceptors (Lipinski definition) is 4. The van der Waals surface area contributed by atoms with Crippen molar-refractivity contribution in [2.75, 3.05) is 12.4 Å². The summed E-state index contributed by atoms with van der Waals surface area (Å²) in [6, 6.07) is 5.18. The van der Waals surface area contributed by atoms with Crippen LogP contribution in [-0.2, 0) is 16.0 Å². The first-order valence-corrected chi connectivity index (χ1v) is 6.96. The van der Waals surface area contributed by atoms with Gasteiger partial charge >= 0.3 is 5.97 Å². The number of methoxy groups -OCH3 is 1. The summed E-state index contributed by atoms with van der Waals surface area (Å²) < 4.78 is 10.4. The third kappa shape index (κ3) is 5.28. The first kappa shape index (κ1) is 15.5. The van der Waals surface area contributed by atoms with E-state index in [-0.39, 0.29) is 5.97 Å². The van der Waals surface area contributed by atoms with Crippen molar-refractivity contribution in [1.29, 1.82) is 0 Å². The number of ether oxygens (including phenoxy) is 2. The van der Waals surface area contributed by atoms with E-state index in [1.54, 1.807) is 24.1 Å². The third-order valence-electron chi connectivity index (χ3n) is 2.39. The van der Waals surface area contributed by atoms with E-state index in [0.29, 0.717) is 24.3 Å². The van der Waals surface area contributed by atoms with Crippen LogP contribution >= 0.6 is 15.9 Å². The van der Waals surface area contributed by atoms with Gasteiger partial charge in [-0.3, -0.25) is 4.79 Å². The minimum atomic E-state index is -0.293. The third-order valence-corrected chi connectivity index (χ3v) is 2.95. The number of benzene rings is 1. The zero-order chi connectivity index (χ0) is 14.1. The minimum absolute atomic E-state index is 0.293.